The molecule has 0 aliphatic carbocycles. The number of hydrogen-bond acceptors (Lipinski definition) is 7. The van der Waals surface area contributed by atoms with E-state index in [-0.39, 0.29) is 29.5 Å². The molecule has 1 N–H and O–H groups in total. The Labute approximate surface area is 198 Å². The zero-order chi connectivity index (χ0) is 23.8. The molecule has 2 fully saturated rings. The summed E-state index contributed by atoms with van der Waals surface area (Å²) >= 11 is 0. The van der Waals surface area contributed by atoms with Crippen LogP contribution in [-0.4, -0.2) is 101 Å². The average Bonchev–Trinajstić information content (AvgIpc) is 2.84. The highest BCUT2D eigenvalue weighted by Gasteiger charge is 2.30. The van der Waals surface area contributed by atoms with E-state index in [1.54, 1.807) is 17.0 Å². The summed E-state index contributed by atoms with van der Waals surface area (Å²) in [7, 11) is -0.950. The van der Waals surface area contributed by atoms with Crippen LogP contribution in [0.1, 0.15) is 32.6 Å². The lowest BCUT2D eigenvalue weighted by Gasteiger charge is -2.35. The quantitative estimate of drug-likeness (QED) is 0.539. The molecule has 1 aromatic carbocycles. The van der Waals surface area contributed by atoms with Crippen molar-refractivity contribution in [3.05, 3.63) is 18.2 Å². The molecule has 2 heterocycles. The van der Waals surface area contributed by atoms with Crippen LogP contribution in [0, 0.1) is 0 Å². The van der Waals surface area contributed by atoms with E-state index in [9.17, 15) is 13.2 Å². The fourth-order valence-corrected chi connectivity index (χ4v) is 6.10. The Balaban J connectivity index is 1.80. The van der Waals surface area contributed by atoms with Crippen molar-refractivity contribution < 1.29 is 22.7 Å². The normalized spacial score (nSPS) is 20.1. The van der Waals surface area contributed by atoms with E-state index in [1.165, 1.54) is 31.0 Å². The van der Waals surface area contributed by atoms with Gasteiger partial charge in [0.1, 0.15) is 16.4 Å². The molecule has 2 aliphatic rings. The van der Waals surface area contributed by atoms with Gasteiger partial charge in [-0.15, -0.1) is 0 Å². The first-order chi connectivity index (χ1) is 15.9. The average molecular weight is 483 g/mol. The number of piperazine rings is 1. The number of rotatable bonds is 10. The van der Waals surface area contributed by atoms with Crippen molar-refractivity contribution >= 4 is 15.9 Å². The summed E-state index contributed by atoms with van der Waals surface area (Å²) in [5.41, 5.74) is 0. The molecule has 0 radical (unpaired) electrons. The predicted molar refractivity (Wildman–Crippen MR) is 127 cm³/mol. The van der Waals surface area contributed by atoms with Crippen LogP contribution in [0.25, 0.3) is 0 Å². The first kappa shape index (κ1) is 25.7. The van der Waals surface area contributed by atoms with Gasteiger partial charge in [-0.25, -0.2) is 8.42 Å². The van der Waals surface area contributed by atoms with Gasteiger partial charge in [0, 0.05) is 64.3 Å². The minimum atomic E-state index is -3.90. The number of amides is 1. The topological polar surface area (TPSA) is 91.4 Å². The molecule has 1 amide bonds. The van der Waals surface area contributed by atoms with E-state index in [1.807, 2.05) is 0 Å². The van der Waals surface area contributed by atoms with Gasteiger partial charge in [-0.1, -0.05) is 6.42 Å². The molecule has 0 aromatic heterocycles. The first-order valence-electron chi connectivity index (χ1n) is 11.8. The van der Waals surface area contributed by atoms with Crippen molar-refractivity contribution in [2.45, 2.75) is 43.5 Å². The number of carbonyl (C=O) groups is 1. The summed E-state index contributed by atoms with van der Waals surface area (Å²) in [6.45, 7) is 7.09. The minimum absolute atomic E-state index is 0.0133. The molecular weight excluding hydrogens is 444 g/mol. The third-order valence-corrected chi connectivity index (χ3v) is 8.53. The van der Waals surface area contributed by atoms with Crippen LogP contribution >= 0.6 is 0 Å². The molecule has 33 heavy (non-hydrogen) atoms. The number of benzene rings is 1. The molecule has 2 aliphatic heterocycles. The molecule has 0 spiro atoms. The standard InChI is InChI=1S/C23H38N4O5S/c1-19-6-4-5-12-25(19)16-17-27(13-9-23(28)26-14-10-24-11-15-26)33(29,30)22-18-20(31-2)7-8-21(22)32-3/h7-8,18-19,24H,4-6,9-17H2,1-3H3. The lowest BCUT2D eigenvalue weighted by molar-refractivity contribution is -0.131. The fourth-order valence-electron chi connectivity index (χ4n) is 4.50. The van der Waals surface area contributed by atoms with Crippen LogP contribution in [0.15, 0.2) is 23.1 Å². The highest BCUT2D eigenvalue weighted by Crippen LogP contribution is 2.31. The van der Waals surface area contributed by atoms with Crippen molar-refractivity contribution in [1.29, 1.82) is 0 Å². The monoisotopic (exact) mass is 482 g/mol. The number of nitrogens with one attached hydrogen (secondary N) is 1. The van der Waals surface area contributed by atoms with Gasteiger partial charge < -0.3 is 19.7 Å². The Morgan fingerprint density at radius 3 is 2.55 bits per heavy atom. The van der Waals surface area contributed by atoms with Crippen LogP contribution in [0.4, 0.5) is 0 Å². The molecule has 186 valence electrons. The number of likely N-dealkylation sites (tertiary alicyclic amines) is 1. The van der Waals surface area contributed by atoms with Crippen molar-refractivity contribution in [3.63, 3.8) is 0 Å². The van der Waals surface area contributed by atoms with E-state index >= 15 is 0 Å². The maximum Gasteiger partial charge on any atom is 0.246 e. The van der Waals surface area contributed by atoms with Gasteiger partial charge in [-0.05, 0) is 38.4 Å². The molecular formula is C23H38N4O5S. The Hall–Kier alpha value is -1.88. The van der Waals surface area contributed by atoms with E-state index < -0.39 is 10.0 Å². The zero-order valence-corrected chi connectivity index (χ0v) is 20.9. The summed E-state index contributed by atoms with van der Waals surface area (Å²) in [4.78, 5) is 17.0. The van der Waals surface area contributed by atoms with Crippen LogP contribution in [-0.2, 0) is 14.8 Å². The maximum absolute atomic E-state index is 13.8. The highest BCUT2D eigenvalue weighted by atomic mass is 32.2. The van der Waals surface area contributed by atoms with Gasteiger partial charge in [0.05, 0.1) is 14.2 Å². The smallest absolute Gasteiger partial charge is 0.246 e. The summed E-state index contributed by atoms with van der Waals surface area (Å²) in [6.07, 6.45) is 3.61. The van der Waals surface area contributed by atoms with Crippen LogP contribution in [0.2, 0.25) is 0 Å². The number of piperidine rings is 1. The van der Waals surface area contributed by atoms with Crippen molar-refractivity contribution in [1.82, 2.24) is 19.4 Å². The van der Waals surface area contributed by atoms with Gasteiger partial charge in [0.25, 0.3) is 0 Å². The van der Waals surface area contributed by atoms with E-state index in [4.69, 9.17) is 9.47 Å². The van der Waals surface area contributed by atoms with Gasteiger partial charge in [-0.3, -0.25) is 9.69 Å². The summed E-state index contributed by atoms with van der Waals surface area (Å²) in [6, 6.07) is 5.19. The SMILES string of the molecule is COc1ccc(OC)c(S(=O)(=O)N(CCC(=O)N2CCNCC2)CCN2CCCCC2C)c1. The Kier molecular flexibility index (Phi) is 9.37. The number of sulfonamides is 1. The number of hydrogen-bond donors (Lipinski definition) is 1. The Morgan fingerprint density at radius 1 is 1.12 bits per heavy atom. The number of methoxy groups -OCH3 is 2. The Morgan fingerprint density at radius 2 is 1.88 bits per heavy atom. The summed E-state index contributed by atoms with van der Waals surface area (Å²) in [5, 5.41) is 3.23. The van der Waals surface area contributed by atoms with Crippen LogP contribution in [0.3, 0.4) is 0 Å². The number of nitrogens with zero attached hydrogens (tertiary/aromatic N) is 3. The zero-order valence-electron chi connectivity index (χ0n) is 20.1. The van der Waals surface area contributed by atoms with Gasteiger partial charge in [0.15, 0.2) is 0 Å². The fraction of sp³-hybridized carbons (Fsp3) is 0.696. The lowest BCUT2D eigenvalue weighted by Crippen LogP contribution is -2.48. The molecule has 3 rings (SSSR count). The molecule has 2 saturated heterocycles. The molecule has 1 unspecified atom stereocenters. The maximum atomic E-state index is 13.8. The highest BCUT2D eigenvalue weighted by molar-refractivity contribution is 7.89. The molecule has 9 nitrogen and oxygen atoms in total. The summed E-state index contributed by atoms with van der Waals surface area (Å²) in [5.74, 6) is 0.692. The predicted octanol–water partition coefficient (Wildman–Crippen LogP) is 1.39. The third kappa shape index (κ3) is 6.59. The second-order valence-electron chi connectivity index (χ2n) is 8.68. The van der Waals surface area contributed by atoms with Crippen molar-refractivity contribution in [3.8, 4) is 11.5 Å². The molecule has 10 heteroatoms. The van der Waals surface area contributed by atoms with Crippen molar-refractivity contribution in [2.75, 3.05) is 66.6 Å². The van der Waals surface area contributed by atoms with Gasteiger partial charge in [0.2, 0.25) is 15.9 Å². The summed E-state index contributed by atoms with van der Waals surface area (Å²) < 4.78 is 39.6. The van der Waals surface area contributed by atoms with Gasteiger partial charge in [-0.2, -0.15) is 4.31 Å². The van der Waals surface area contributed by atoms with Gasteiger partial charge >= 0.3 is 0 Å². The number of carbonyl (C=O) groups excluding carboxylic acids is 1. The molecule has 0 saturated carbocycles. The van der Waals surface area contributed by atoms with E-state index in [0.29, 0.717) is 38.0 Å². The largest absolute Gasteiger partial charge is 0.497 e. The van der Waals surface area contributed by atoms with Crippen LogP contribution in [0.5, 0.6) is 11.5 Å². The molecule has 1 atom stereocenters. The first-order valence-corrected chi connectivity index (χ1v) is 13.3. The lowest BCUT2D eigenvalue weighted by atomic mass is 10.0. The van der Waals surface area contributed by atoms with Crippen LogP contribution < -0.4 is 14.8 Å². The Bertz CT molecular complexity index is 889. The molecule has 1 aromatic rings. The van der Waals surface area contributed by atoms with Crippen molar-refractivity contribution in [2.24, 2.45) is 0 Å². The third-order valence-electron chi connectivity index (χ3n) is 6.61. The minimum Gasteiger partial charge on any atom is -0.497 e. The second kappa shape index (κ2) is 12.0. The van der Waals surface area contributed by atoms with E-state index in [0.717, 1.165) is 32.5 Å². The van der Waals surface area contributed by atoms with E-state index in [2.05, 4.69) is 17.1 Å². The molecule has 0 bridgehead atoms. The second-order valence-corrected chi connectivity index (χ2v) is 10.6. The number of ether oxygens (including phenoxy) is 2.